The Morgan fingerprint density at radius 1 is 1.30 bits per heavy atom. The Labute approximate surface area is 128 Å². The van der Waals surface area contributed by atoms with Crippen molar-refractivity contribution in [2.75, 3.05) is 18.5 Å². The van der Waals surface area contributed by atoms with Crippen LogP contribution >= 0.6 is 11.6 Å². The molecule has 3 heteroatoms. The maximum absolute atomic E-state index is 6.17. The van der Waals surface area contributed by atoms with Crippen LogP contribution in [0.5, 0.6) is 0 Å². The van der Waals surface area contributed by atoms with E-state index in [1.807, 2.05) is 6.07 Å². The quantitative estimate of drug-likeness (QED) is 0.862. The standard InChI is InChI=1S/C17H27ClN2/c1-17(2,3)19-11-14-10-15(18)8-9-16(14)20(4)12-13-6-5-7-13/h8-10,13,19H,5-7,11-12H2,1-4H3. The highest BCUT2D eigenvalue weighted by Gasteiger charge is 2.20. The topological polar surface area (TPSA) is 15.3 Å². The predicted molar refractivity (Wildman–Crippen MR) is 88.7 cm³/mol. The summed E-state index contributed by atoms with van der Waals surface area (Å²) in [5, 5.41) is 4.37. The second-order valence-electron chi connectivity index (χ2n) is 7.05. The first-order chi connectivity index (χ1) is 9.35. The Balaban J connectivity index is 2.09. The minimum absolute atomic E-state index is 0.117. The van der Waals surface area contributed by atoms with Crippen molar-refractivity contribution in [3.05, 3.63) is 28.8 Å². The number of hydrogen-bond acceptors (Lipinski definition) is 2. The summed E-state index contributed by atoms with van der Waals surface area (Å²) in [6, 6.07) is 6.24. The van der Waals surface area contributed by atoms with Crippen molar-refractivity contribution >= 4 is 17.3 Å². The Bertz CT molecular complexity index is 447. The van der Waals surface area contributed by atoms with E-state index < -0.39 is 0 Å². The first kappa shape index (κ1) is 15.7. The lowest BCUT2D eigenvalue weighted by molar-refractivity contribution is 0.321. The molecule has 1 aliphatic rings. The molecule has 0 aromatic heterocycles. The fraction of sp³-hybridized carbons (Fsp3) is 0.647. The van der Waals surface area contributed by atoms with Gasteiger partial charge in [-0.15, -0.1) is 0 Å². The molecule has 20 heavy (non-hydrogen) atoms. The van der Waals surface area contributed by atoms with Crippen LogP contribution in [0.25, 0.3) is 0 Å². The molecular formula is C17H27ClN2. The molecule has 0 heterocycles. The maximum atomic E-state index is 6.17. The van der Waals surface area contributed by atoms with Crippen molar-refractivity contribution < 1.29 is 0 Å². The third kappa shape index (κ3) is 4.39. The third-order valence-electron chi connectivity index (χ3n) is 4.02. The molecular weight excluding hydrogens is 268 g/mol. The highest BCUT2D eigenvalue weighted by atomic mass is 35.5. The van der Waals surface area contributed by atoms with E-state index in [1.165, 1.54) is 30.5 Å². The second kappa shape index (κ2) is 6.36. The maximum Gasteiger partial charge on any atom is 0.0410 e. The van der Waals surface area contributed by atoms with Gasteiger partial charge in [-0.1, -0.05) is 18.0 Å². The zero-order valence-corrected chi connectivity index (χ0v) is 13.9. The summed E-state index contributed by atoms with van der Waals surface area (Å²) in [6.07, 6.45) is 4.17. The molecule has 0 spiro atoms. The highest BCUT2D eigenvalue weighted by Crippen LogP contribution is 2.30. The summed E-state index contributed by atoms with van der Waals surface area (Å²) in [5.41, 5.74) is 2.71. The molecule has 2 rings (SSSR count). The van der Waals surface area contributed by atoms with Gasteiger partial charge in [-0.25, -0.2) is 0 Å². The molecule has 0 atom stereocenters. The second-order valence-corrected chi connectivity index (χ2v) is 7.49. The molecule has 1 N–H and O–H groups in total. The number of hydrogen-bond donors (Lipinski definition) is 1. The van der Waals surface area contributed by atoms with Crippen molar-refractivity contribution in [2.24, 2.45) is 5.92 Å². The van der Waals surface area contributed by atoms with Crippen LogP contribution in [-0.4, -0.2) is 19.1 Å². The molecule has 0 saturated heterocycles. The fourth-order valence-electron chi connectivity index (χ4n) is 2.59. The highest BCUT2D eigenvalue weighted by molar-refractivity contribution is 6.30. The number of anilines is 1. The number of nitrogens with zero attached hydrogens (tertiary/aromatic N) is 1. The summed E-state index contributed by atoms with van der Waals surface area (Å²) in [4.78, 5) is 2.39. The number of halogens is 1. The van der Waals surface area contributed by atoms with Gasteiger partial charge >= 0.3 is 0 Å². The first-order valence-corrected chi connectivity index (χ1v) is 7.97. The first-order valence-electron chi connectivity index (χ1n) is 7.60. The molecule has 1 aromatic carbocycles. The van der Waals surface area contributed by atoms with Gasteiger partial charge < -0.3 is 10.2 Å². The molecule has 0 aliphatic heterocycles. The van der Waals surface area contributed by atoms with Gasteiger partial charge in [0.05, 0.1) is 0 Å². The van der Waals surface area contributed by atoms with Crippen LogP contribution in [0.2, 0.25) is 5.02 Å². The third-order valence-corrected chi connectivity index (χ3v) is 4.25. The average molecular weight is 295 g/mol. The van der Waals surface area contributed by atoms with E-state index in [0.29, 0.717) is 0 Å². The van der Waals surface area contributed by atoms with Crippen molar-refractivity contribution in [3.63, 3.8) is 0 Å². The number of benzene rings is 1. The minimum atomic E-state index is 0.117. The van der Waals surface area contributed by atoms with Crippen LogP contribution in [0, 0.1) is 5.92 Å². The molecule has 0 radical (unpaired) electrons. The van der Waals surface area contributed by atoms with E-state index in [2.05, 4.69) is 50.2 Å². The summed E-state index contributed by atoms with van der Waals surface area (Å²) in [7, 11) is 2.20. The van der Waals surface area contributed by atoms with E-state index in [0.717, 1.165) is 24.0 Å². The Hall–Kier alpha value is -0.730. The van der Waals surface area contributed by atoms with E-state index in [-0.39, 0.29) is 5.54 Å². The summed E-state index contributed by atoms with van der Waals surface area (Å²) in [5.74, 6) is 0.874. The van der Waals surface area contributed by atoms with Crippen molar-refractivity contribution in [1.29, 1.82) is 0 Å². The molecule has 2 nitrogen and oxygen atoms in total. The summed E-state index contributed by atoms with van der Waals surface area (Å²) < 4.78 is 0. The zero-order chi connectivity index (χ0) is 14.8. The van der Waals surface area contributed by atoms with E-state index in [9.17, 15) is 0 Å². The molecule has 0 bridgehead atoms. The number of nitrogens with one attached hydrogen (secondary N) is 1. The van der Waals surface area contributed by atoms with Gasteiger partial charge in [0.25, 0.3) is 0 Å². The largest absolute Gasteiger partial charge is 0.374 e. The monoisotopic (exact) mass is 294 g/mol. The Morgan fingerprint density at radius 2 is 2.00 bits per heavy atom. The van der Waals surface area contributed by atoms with Crippen LogP contribution in [0.4, 0.5) is 5.69 Å². The summed E-state index contributed by atoms with van der Waals surface area (Å²) >= 11 is 6.17. The molecule has 112 valence electrons. The SMILES string of the molecule is CN(CC1CCC1)c1ccc(Cl)cc1CNC(C)(C)C. The van der Waals surface area contributed by atoms with Crippen LogP contribution in [0.3, 0.4) is 0 Å². The lowest BCUT2D eigenvalue weighted by Gasteiger charge is -2.33. The smallest absolute Gasteiger partial charge is 0.0410 e. The molecule has 1 aliphatic carbocycles. The van der Waals surface area contributed by atoms with Crippen LogP contribution in [-0.2, 0) is 6.54 Å². The molecule has 1 fully saturated rings. The van der Waals surface area contributed by atoms with E-state index in [1.54, 1.807) is 0 Å². The normalized spacial score (nSPS) is 16.1. The molecule has 1 aromatic rings. The lowest BCUT2D eigenvalue weighted by Crippen LogP contribution is -2.36. The van der Waals surface area contributed by atoms with Gasteiger partial charge in [0.2, 0.25) is 0 Å². The number of rotatable bonds is 5. The van der Waals surface area contributed by atoms with Crippen molar-refractivity contribution in [3.8, 4) is 0 Å². The van der Waals surface area contributed by atoms with Gasteiger partial charge in [-0.2, -0.15) is 0 Å². The van der Waals surface area contributed by atoms with Gasteiger partial charge in [-0.3, -0.25) is 0 Å². The van der Waals surface area contributed by atoms with Gasteiger partial charge in [0.1, 0.15) is 0 Å². The van der Waals surface area contributed by atoms with Crippen molar-refractivity contribution in [1.82, 2.24) is 5.32 Å². The average Bonchev–Trinajstić information content (AvgIpc) is 2.30. The molecule has 0 unspecified atom stereocenters. The molecule has 1 saturated carbocycles. The van der Waals surface area contributed by atoms with Gasteiger partial charge in [-0.05, 0) is 63.3 Å². The minimum Gasteiger partial charge on any atom is -0.374 e. The predicted octanol–water partition coefficient (Wildman–Crippen LogP) is 4.46. The van der Waals surface area contributed by atoms with Crippen molar-refractivity contribution in [2.45, 2.75) is 52.1 Å². The van der Waals surface area contributed by atoms with Crippen LogP contribution in [0.15, 0.2) is 18.2 Å². The zero-order valence-electron chi connectivity index (χ0n) is 13.2. The molecule has 0 amide bonds. The van der Waals surface area contributed by atoms with Gasteiger partial charge in [0, 0.05) is 36.4 Å². The van der Waals surface area contributed by atoms with Crippen LogP contribution in [0.1, 0.15) is 45.6 Å². The van der Waals surface area contributed by atoms with Gasteiger partial charge in [0.15, 0.2) is 0 Å². The van der Waals surface area contributed by atoms with Crippen LogP contribution < -0.4 is 10.2 Å². The van der Waals surface area contributed by atoms with E-state index in [4.69, 9.17) is 11.6 Å². The Kier molecular flexibility index (Phi) is 4.98. The fourth-order valence-corrected chi connectivity index (χ4v) is 2.78. The Morgan fingerprint density at radius 3 is 2.55 bits per heavy atom. The lowest BCUT2D eigenvalue weighted by atomic mass is 9.85. The summed E-state index contributed by atoms with van der Waals surface area (Å²) in [6.45, 7) is 8.58. The van der Waals surface area contributed by atoms with E-state index >= 15 is 0 Å².